The number of carbonyl (C=O) groups is 1. The van der Waals surface area contributed by atoms with Crippen molar-refractivity contribution in [3.63, 3.8) is 0 Å². The fourth-order valence-corrected chi connectivity index (χ4v) is 1.48. The van der Waals surface area contributed by atoms with Crippen molar-refractivity contribution in [2.24, 2.45) is 0 Å². The van der Waals surface area contributed by atoms with Gasteiger partial charge >= 0.3 is 5.97 Å². The fourth-order valence-electron chi connectivity index (χ4n) is 1.48. The predicted molar refractivity (Wildman–Crippen MR) is 73.9 cm³/mol. The molecule has 4 heteroatoms. The molecule has 0 spiro atoms. The van der Waals surface area contributed by atoms with E-state index in [0.717, 1.165) is 6.42 Å². The predicted octanol–water partition coefficient (Wildman–Crippen LogP) is 3.44. The zero-order valence-corrected chi connectivity index (χ0v) is 12.2. The van der Waals surface area contributed by atoms with Crippen molar-refractivity contribution in [3.05, 3.63) is 23.8 Å². The van der Waals surface area contributed by atoms with Crippen LogP contribution in [0.25, 0.3) is 0 Å². The molecule has 0 bridgehead atoms. The molecule has 0 fully saturated rings. The fraction of sp³-hybridized carbons (Fsp3) is 0.533. The van der Waals surface area contributed by atoms with E-state index in [9.17, 15) is 4.79 Å². The lowest BCUT2D eigenvalue weighted by Crippen LogP contribution is -2.14. The Morgan fingerprint density at radius 3 is 2.42 bits per heavy atom. The Hall–Kier alpha value is -1.71. The molecule has 0 saturated heterocycles. The van der Waals surface area contributed by atoms with Gasteiger partial charge in [0.15, 0.2) is 11.5 Å². The molecule has 0 aliphatic carbocycles. The molecule has 0 aliphatic heterocycles. The molecule has 0 aliphatic rings. The lowest BCUT2D eigenvalue weighted by atomic mass is 10.2. The van der Waals surface area contributed by atoms with Gasteiger partial charge in [-0.15, -0.1) is 0 Å². The monoisotopic (exact) mass is 266 g/mol. The van der Waals surface area contributed by atoms with Gasteiger partial charge in [0.2, 0.25) is 0 Å². The Labute approximate surface area is 114 Å². The summed E-state index contributed by atoms with van der Waals surface area (Å²) in [6.07, 6.45) is 0.745. The van der Waals surface area contributed by atoms with Gasteiger partial charge in [-0.3, -0.25) is 0 Å². The Morgan fingerprint density at radius 2 is 1.89 bits per heavy atom. The second-order valence-electron chi connectivity index (χ2n) is 4.66. The topological polar surface area (TPSA) is 44.8 Å². The number of hydrogen-bond donors (Lipinski definition) is 0. The molecule has 19 heavy (non-hydrogen) atoms. The van der Waals surface area contributed by atoms with Crippen molar-refractivity contribution in [1.82, 2.24) is 0 Å². The minimum absolute atomic E-state index is 0.0480. The minimum Gasteiger partial charge on any atom is -0.493 e. The number of carbonyl (C=O) groups excluding carboxylic acids is 1. The van der Waals surface area contributed by atoms with Crippen LogP contribution in [0.1, 0.15) is 44.5 Å². The molecule has 1 aromatic rings. The maximum absolute atomic E-state index is 11.9. The van der Waals surface area contributed by atoms with E-state index in [1.807, 2.05) is 27.7 Å². The van der Waals surface area contributed by atoms with Gasteiger partial charge in [-0.25, -0.2) is 4.79 Å². The zero-order chi connectivity index (χ0) is 14.4. The van der Waals surface area contributed by atoms with Crippen molar-refractivity contribution in [3.8, 4) is 11.5 Å². The van der Waals surface area contributed by atoms with Crippen molar-refractivity contribution >= 4 is 5.97 Å². The van der Waals surface area contributed by atoms with Crippen molar-refractivity contribution in [2.75, 3.05) is 7.11 Å². The summed E-state index contributed by atoms with van der Waals surface area (Å²) in [6, 6.07) is 5.05. The molecule has 1 rings (SSSR count). The van der Waals surface area contributed by atoms with Crippen LogP contribution in [0.4, 0.5) is 0 Å². The molecule has 1 unspecified atom stereocenters. The zero-order valence-electron chi connectivity index (χ0n) is 12.2. The van der Waals surface area contributed by atoms with E-state index in [4.69, 9.17) is 14.2 Å². The van der Waals surface area contributed by atoms with Gasteiger partial charge in [0.1, 0.15) is 0 Å². The van der Waals surface area contributed by atoms with Crippen LogP contribution in [-0.4, -0.2) is 25.3 Å². The van der Waals surface area contributed by atoms with E-state index in [0.29, 0.717) is 17.1 Å². The van der Waals surface area contributed by atoms with Gasteiger partial charge in [0.05, 0.1) is 24.9 Å². The number of esters is 1. The van der Waals surface area contributed by atoms with Gasteiger partial charge in [0, 0.05) is 0 Å². The summed E-state index contributed by atoms with van der Waals surface area (Å²) >= 11 is 0. The lowest BCUT2D eigenvalue weighted by Gasteiger charge is -2.15. The van der Waals surface area contributed by atoms with Crippen LogP contribution in [0.15, 0.2) is 18.2 Å². The first-order valence-corrected chi connectivity index (χ1v) is 6.53. The molecule has 0 radical (unpaired) electrons. The van der Waals surface area contributed by atoms with Crippen LogP contribution in [0.5, 0.6) is 11.5 Å². The van der Waals surface area contributed by atoms with Crippen molar-refractivity contribution in [1.29, 1.82) is 0 Å². The normalized spacial score (nSPS) is 12.1. The summed E-state index contributed by atoms with van der Waals surface area (Å²) in [6.45, 7) is 7.71. The van der Waals surface area contributed by atoms with Gasteiger partial charge in [0.25, 0.3) is 0 Å². The van der Waals surface area contributed by atoms with Crippen LogP contribution >= 0.6 is 0 Å². The average Bonchev–Trinajstić information content (AvgIpc) is 2.38. The van der Waals surface area contributed by atoms with E-state index in [-0.39, 0.29) is 18.2 Å². The van der Waals surface area contributed by atoms with E-state index in [2.05, 4.69) is 0 Å². The summed E-state index contributed by atoms with van der Waals surface area (Å²) in [5.41, 5.74) is 0.466. The van der Waals surface area contributed by atoms with Crippen LogP contribution in [0, 0.1) is 0 Å². The first-order valence-electron chi connectivity index (χ1n) is 6.53. The SMILES string of the molecule is CCC(C)OC(=O)c1ccc(OC(C)C)c(OC)c1. The van der Waals surface area contributed by atoms with Crippen molar-refractivity contribution in [2.45, 2.75) is 46.3 Å². The molecular formula is C15H22O4. The first kappa shape index (κ1) is 15.3. The van der Waals surface area contributed by atoms with Crippen LogP contribution in [-0.2, 0) is 4.74 Å². The van der Waals surface area contributed by atoms with Gasteiger partial charge < -0.3 is 14.2 Å². The third-order valence-corrected chi connectivity index (χ3v) is 2.65. The number of benzene rings is 1. The minimum atomic E-state index is -0.344. The number of ether oxygens (including phenoxy) is 3. The van der Waals surface area contributed by atoms with E-state index in [1.165, 1.54) is 0 Å². The molecular weight excluding hydrogens is 244 g/mol. The summed E-state index contributed by atoms with van der Waals surface area (Å²) in [5.74, 6) is 0.814. The Kier molecular flexibility index (Phi) is 5.67. The Balaban J connectivity index is 2.90. The van der Waals surface area contributed by atoms with E-state index < -0.39 is 0 Å². The molecule has 0 heterocycles. The highest BCUT2D eigenvalue weighted by Crippen LogP contribution is 2.29. The third kappa shape index (κ3) is 4.47. The van der Waals surface area contributed by atoms with E-state index >= 15 is 0 Å². The maximum atomic E-state index is 11.9. The number of hydrogen-bond acceptors (Lipinski definition) is 4. The van der Waals surface area contributed by atoms with Crippen LogP contribution in [0.3, 0.4) is 0 Å². The van der Waals surface area contributed by atoms with E-state index in [1.54, 1.807) is 25.3 Å². The smallest absolute Gasteiger partial charge is 0.338 e. The standard InChI is InChI=1S/C15H22O4/c1-6-11(4)19-15(16)12-7-8-13(18-10(2)3)14(9-12)17-5/h7-11H,6H2,1-5H3. The second-order valence-corrected chi connectivity index (χ2v) is 4.66. The molecule has 0 aromatic heterocycles. The van der Waals surface area contributed by atoms with Gasteiger partial charge in [-0.2, -0.15) is 0 Å². The largest absolute Gasteiger partial charge is 0.493 e. The Bertz CT molecular complexity index is 426. The molecule has 0 saturated carbocycles. The third-order valence-electron chi connectivity index (χ3n) is 2.65. The van der Waals surface area contributed by atoms with Crippen molar-refractivity contribution < 1.29 is 19.0 Å². The molecule has 1 aromatic carbocycles. The van der Waals surface area contributed by atoms with Gasteiger partial charge in [-0.05, 0) is 45.4 Å². The van der Waals surface area contributed by atoms with Crippen LogP contribution in [0.2, 0.25) is 0 Å². The summed E-state index contributed by atoms with van der Waals surface area (Å²) in [7, 11) is 1.55. The second kappa shape index (κ2) is 7.02. The highest BCUT2D eigenvalue weighted by atomic mass is 16.5. The average molecular weight is 266 g/mol. The number of rotatable bonds is 6. The maximum Gasteiger partial charge on any atom is 0.338 e. The molecule has 4 nitrogen and oxygen atoms in total. The molecule has 0 amide bonds. The molecule has 106 valence electrons. The van der Waals surface area contributed by atoms with Crippen LogP contribution < -0.4 is 9.47 Å². The quantitative estimate of drug-likeness (QED) is 0.740. The summed E-state index contributed by atoms with van der Waals surface area (Å²) in [5, 5.41) is 0. The number of methoxy groups -OCH3 is 1. The molecule has 0 N–H and O–H groups in total. The highest BCUT2D eigenvalue weighted by Gasteiger charge is 2.14. The highest BCUT2D eigenvalue weighted by molar-refractivity contribution is 5.90. The summed E-state index contributed by atoms with van der Waals surface area (Å²) in [4.78, 5) is 11.9. The molecule has 1 atom stereocenters. The Morgan fingerprint density at radius 1 is 1.21 bits per heavy atom. The lowest BCUT2D eigenvalue weighted by molar-refractivity contribution is 0.0334. The summed E-state index contributed by atoms with van der Waals surface area (Å²) < 4.78 is 16.1. The van der Waals surface area contributed by atoms with Gasteiger partial charge in [-0.1, -0.05) is 6.92 Å². The first-order chi connectivity index (χ1) is 8.97.